The van der Waals surface area contributed by atoms with Gasteiger partial charge in [-0.15, -0.1) is 11.8 Å². The van der Waals surface area contributed by atoms with Crippen molar-refractivity contribution < 1.29 is 19.4 Å². The molecule has 3 aromatic rings. The van der Waals surface area contributed by atoms with E-state index in [1.165, 1.54) is 4.90 Å². The van der Waals surface area contributed by atoms with Crippen molar-refractivity contribution >= 4 is 17.7 Å². The Labute approximate surface area is 188 Å². The molecule has 0 saturated heterocycles. The molecular formula is C25H29NO4S. The molecule has 3 rings (SSSR count). The van der Waals surface area contributed by atoms with Crippen LogP contribution in [0, 0.1) is 6.92 Å². The number of esters is 1. The van der Waals surface area contributed by atoms with Gasteiger partial charge >= 0.3 is 5.97 Å². The summed E-state index contributed by atoms with van der Waals surface area (Å²) in [6.45, 7) is 2.47. The molecule has 0 aliphatic carbocycles. The summed E-state index contributed by atoms with van der Waals surface area (Å²) in [4.78, 5) is 13.6. The maximum Gasteiger partial charge on any atom is 0.310 e. The zero-order valence-corrected chi connectivity index (χ0v) is 19.1. The molecule has 1 aromatic heterocycles. The van der Waals surface area contributed by atoms with Gasteiger partial charge in [0.1, 0.15) is 5.75 Å². The second-order valence-corrected chi connectivity index (χ2v) is 8.11. The third-order valence-corrected chi connectivity index (χ3v) is 5.96. The van der Waals surface area contributed by atoms with Crippen LogP contribution in [0.3, 0.4) is 0 Å². The molecule has 6 heteroatoms. The molecule has 0 aliphatic heterocycles. The van der Waals surface area contributed by atoms with Crippen molar-refractivity contribution in [3.05, 3.63) is 65.9 Å². The summed E-state index contributed by atoms with van der Waals surface area (Å²) in [5.74, 6) is 0.545. The zero-order valence-electron chi connectivity index (χ0n) is 18.3. The van der Waals surface area contributed by atoms with E-state index in [0.717, 1.165) is 34.0 Å². The highest BCUT2D eigenvalue weighted by Crippen LogP contribution is 2.31. The number of aliphatic hydroxyl groups is 1. The first-order chi connectivity index (χ1) is 15.1. The van der Waals surface area contributed by atoms with Gasteiger partial charge in [0.05, 0.1) is 25.8 Å². The number of benzene rings is 2. The second kappa shape index (κ2) is 11.1. The highest BCUT2D eigenvalue weighted by atomic mass is 32.2. The fraction of sp³-hybridized carbons (Fsp3) is 0.320. The van der Waals surface area contributed by atoms with Crippen LogP contribution in [-0.2, 0) is 16.0 Å². The average molecular weight is 440 g/mol. The number of unbranched alkanes of at least 4 members (excludes halogenated alkanes) is 1. The molecule has 31 heavy (non-hydrogen) atoms. The fourth-order valence-electron chi connectivity index (χ4n) is 3.48. The number of aliphatic hydroxyl groups excluding tert-OH is 1. The number of carbonyl (C=O) groups is 1. The highest BCUT2D eigenvalue weighted by Gasteiger charge is 2.18. The standard InChI is InChI=1S/C25H29NO4S/c1-18-20(17-25(28)30-15-5-4-14-27)16-24(19-6-12-23(31-3)13-7-19)26(18)21-8-10-22(29-2)11-9-21/h6-13,16,27H,4-5,14-15,17H2,1-3H3. The van der Waals surface area contributed by atoms with Crippen molar-refractivity contribution in [2.24, 2.45) is 0 Å². The van der Waals surface area contributed by atoms with Gasteiger partial charge in [0.25, 0.3) is 0 Å². The summed E-state index contributed by atoms with van der Waals surface area (Å²) in [5.41, 5.74) is 5.05. The Morgan fingerprint density at radius 2 is 1.77 bits per heavy atom. The van der Waals surface area contributed by atoms with Crippen molar-refractivity contribution in [2.45, 2.75) is 31.1 Å². The van der Waals surface area contributed by atoms with Gasteiger partial charge in [-0.1, -0.05) is 12.1 Å². The number of aromatic nitrogens is 1. The Bertz CT molecular complexity index is 994. The smallest absolute Gasteiger partial charge is 0.310 e. The first kappa shape index (κ1) is 23.0. The lowest BCUT2D eigenvalue weighted by atomic mass is 10.1. The Balaban J connectivity index is 1.95. The van der Waals surface area contributed by atoms with E-state index in [4.69, 9.17) is 14.6 Å². The van der Waals surface area contributed by atoms with Crippen molar-refractivity contribution in [2.75, 3.05) is 26.6 Å². The Morgan fingerprint density at radius 1 is 1.06 bits per heavy atom. The second-order valence-electron chi connectivity index (χ2n) is 7.23. The Kier molecular flexibility index (Phi) is 8.20. The van der Waals surface area contributed by atoms with Crippen LogP contribution in [0.4, 0.5) is 0 Å². The molecule has 0 aliphatic rings. The molecule has 2 aromatic carbocycles. The van der Waals surface area contributed by atoms with E-state index in [9.17, 15) is 4.79 Å². The number of hydrogen-bond donors (Lipinski definition) is 1. The van der Waals surface area contributed by atoms with Crippen LogP contribution in [-0.4, -0.2) is 42.2 Å². The first-order valence-corrected chi connectivity index (χ1v) is 11.6. The van der Waals surface area contributed by atoms with Crippen molar-refractivity contribution in [3.63, 3.8) is 0 Å². The highest BCUT2D eigenvalue weighted by molar-refractivity contribution is 7.98. The molecule has 164 valence electrons. The topological polar surface area (TPSA) is 60.7 Å². The molecule has 0 fully saturated rings. The normalized spacial score (nSPS) is 10.8. The Hall–Kier alpha value is -2.70. The maximum atomic E-state index is 12.4. The number of carbonyl (C=O) groups excluding carboxylic acids is 1. The number of rotatable bonds is 10. The molecule has 1 N–H and O–H groups in total. The molecule has 0 atom stereocenters. The van der Waals surface area contributed by atoms with Crippen LogP contribution < -0.4 is 4.74 Å². The maximum absolute atomic E-state index is 12.4. The summed E-state index contributed by atoms with van der Waals surface area (Å²) in [5, 5.41) is 8.87. The van der Waals surface area contributed by atoms with E-state index in [0.29, 0.717) is 19.4 Å². The van der Waals surface area contributed by atoms with Gasteiger partial charge in [-0.25, -0.2) is 0 Å². The van der Waals surface area contributed by atoms with Crippen LogP contribution in [0.2, 0.25) is 0 Å². The third-order valence-electron chi connectivity index (χ3n) is 5.22. The monoisotopic (exact) mass is 439 g/mol. The minimum atomic E-state index is -0.253. The largest absolute Gasteiger partial charge is 0.497 e. The van der Waals surface area contributed by atoms with Gasteiger partial charge in [0.2, 0.25) is 0 Å². The zero-order chi connectivity index (χ0) is 22.2. The number of methoxy groups -OCH3 is 1. The predicted molar refractivity (Wildman–Crippen MR) is 125 cm³/mol. The molecule has 0 amide bonds. The lowest BCUT2D eigenvalue weighted by Crippen LogP contribution is -2.10. The number of thioether (sulfide) groups is 1. The summed E-state index contributed by atoms with van der Waals surface area (Å²) in [6.07, 6.45) is 3.57. The van der Waals surface area contributed by atoms with Crippen LogP contribution in [0.15, 0.2) is 59.5 Å². The lowest BCUT2D eigenvalue weighted by molar-refractivity contribution is -0.143. The summed E-state index contributed by atoms with van der Waals surface area (Å²) in [6, 6.07) is 18.4. The van der Waals surface area contributed by atoms with Gasteiger partial charge in [-0.3, -0.25) is 4.79 Å². The molecule has 0 radical (unpaired) electrons. The van der Waals surface area contributed by atoms with Gasteiger partial charge in [-0.05, 0) is 79.6 Å². The number of ether oxygens (including phenoxy) is 2. The van der Waals surface area contributed by atoms with Crippen LogP contribution in [0.25, 0.3) is 16.9 Å². The number of hydrogen-bond acceptors (Lipinski definition) is 5. The SMILES string of the molecule is COc1ccc(-n2c(-c3ccc(SC)cc3)cc(CC(=O)OCCCCO)c2C)cc1. The fourth-order valence-corrected chi connectivity index (χ4v) is 3.89. The minimum absolute atomic E-state index is 0.111. The van der Waals surface area contributed by atoms with Crippen molar-refractivity contribution in [3.8, 4) is 22.7 Å². The molecule has 5 nitrogen and oxygen atoms in total. The lowest BCUT2D eigenvalue weighted by Gasteiger charge is -2.13. The van der Waals surface area contributed by atoms with Gasteiger partial charge in [0.15, 0.2) is 0 Å². The van der Waals surface area contributed by atoms with Crippen LogP contribution >= 0.6 is 11.8 Å². The molecule has 0 bridgehead atoms. The average Bonchev–Trinajstić information content (AvgIpc) is 3.12. The first-order valence-electron chi connectivity index (χ1n) is 10.3. The third kappa shape index (κ3) is 5.71. The molecule has 0 unspecified atom stereocenters. The van der Waals surface area contributed by atoms with Gasteiger partial charge in [0, 0.05) is 22.9 Å². The van der Waals surface area contributed by atoms with Crippen molar-refractivity contribution in [1.29, 1.82) is 0 Å². The summed E-state index contributed by atoms with van der Waals surface area (Å²) in [7, 11) is 1.65. The summed E-state index contributed by atoms with van der Waals surface area (Å²) < 4.78 is 12.8. The quantitative estimate of drug-likeness (QED) is 0.272. The van der Waals surface area contributed by atoms with E-state index < -0.39 is 0 Å². The van der Waals surface area contributed by atoms with Crippen molar-refractivity contribution in [1.82, 2.24) is 4.57 Å². The van der Waals surface area contributed by atoms with Crippen LogP contribution in [0.1, 0.15) is 24.1 Å². The summed E-state index contributed by atoms with van der Waals surface area (Å²) >= 11 is 1.71. The van der Waals surface area contributed by atoms with E-state index >= 15 is 0 Å². The van der Waals surface area contributed by atoms with E-state index in [2.05, 4.69) is 41.2 Å². The minimum Gasteiger partial charge on any atom is -0.497 e. The van der Waals surface area contributed by atoms with E-state index in [-0.39, 0.29) is 19.0 Å². The van der Waals surface area contributed by atoms with E-state index in [1.807, 2.05) is 31.2 Å². The Morgan fingerprint density at radius 3 is 2.39 bits per heavy atom. The van der Waals surface area contributed by atoms with Crippen LogP contribution in [0.5, 0.6) is 5.75 Å². The van der Waals surface area contributed by atoms with Gasteiger partial charge in [-0.2, -0.15) is 0 Å². The predicted octanol–water partition coefficient (Wildman–Crippen LogP) is 5.04. The number of nitrogens with zero attached hydrogens (tertiary/aromatic N) is 1. The van der Waals surface area contributed by atoms with E-state index in [1.54, 1.807) is 18.9 Å². The molecule has 1 heterocycles. The molecule has 0 saturated carbocycles. The van der Waals surface area contributed by atoms with Gasteiger partial charge < -0.3 is 19.1 Å². The molecular weight excluding hydrogens is 410 g/mol. The molecule has 0 spiro atoms.